The number of fused-ring (bicyclic) bond motifs is 1. The minimum Gasteiger partial charge on any atom is -0.350 e. The molecule has 0 spiro atoms. The molecule has 0 saturated heterocycles. The lowest BCUT2D eigenvalue weighted by Crippen LogP contribution is -2.01. The van der Waals surface area contributed by atoms with E-state index in [-0.39, 0.29) is 12.4 Å². The fraction of sp³-hybridized carbons (Fsp3) is 0.273. The van der Waals surface area contributed by atoms with Gasteiger partial charge in [-0.25, -0.2) is 0 Å². The summed E-state index contributed by atoms with van der Waals surface area (Å²) in [5.41, 5.74) is 8.18. The van der Waals surface area contributed by atoms with Crippen LogP contribution in [0.2, 0.25) is 0 Å². The molecular formula is C11H15ClN2. The van der Waals surface area contributed by atoms with Gasteiger partial charge in [0.05, 0.1) is 0 Å². The maximum absolute atomic E-state index is 5.55. The van der Waals surface area contributed by atoms with E-state index >= 15 is 0 Å². The summed E-state index contributed by atoms with van der Waals surface area (Å²) in [5.74, 6) is 0. The first-order valence-electron chi connectivity index (χ1n) is 4.56. The largest absolute Gasteiger partial charge is 0.350 e. The maximum atomic E-state index is 5.55. The zero-order valence-electron chi connectivity index (χ0n) is 8.23. The molecule has 76 valence electrons. The van der Waals surface area contributed by atoms with Crippen molar-refractivity contribution < 1.29 is 0 Å². The lowest BCUT2D eigenvalue weighted by atomic mass is 10.1. The molecular weight excluding hydrogens is 196 g/mol. The topological polar surface area (TPSA) is 30.9 Å². The van der Waals surface area contributed by atoms with E-state index in [0.29, 0.717) is 6.54 Å². The van der Waals surface area contributed by atoms with Crippen LogP contribution in [0.5, 0.6) is 0 Å². The first kappa shape index (κ1) is 11.1. The summed E-state index contributed by atoms with van der Waals surface area (Å²) in [4.78, 5) is 0. The zero-order chi connectivity index (χ0) is 9.26. The highest BCUT2D eigenvalue weighted by molar-refractivity contribution is 5.85. The highest BCUT2D eigenvalue weighted by Gasteiger charge is 2.03. The van der Waals surface area contributed by atoms with Crippen molar-refractivity contribution in [3.05, 3.63) is 36.0 Å². The molecule has 0 atom stereocenters. The van der Waals surface area contributed by atoms with Gasteiger partial charge in [-0.05, 0) is 24.6 Å². The molecule has 0 aliphatic carbocycles. The molecule has 0 aliphatic rings. The molecule has 0 radical (unpaired) electrons. The molecule has 1 aromatic heterocycles. The first-order chi connectivity index (χ1) is 6.33. The van der Waals surface area contributed by atoms with Gasteiger partial charge in [-0.15, -0.1) is 12.4 Å². The summed E-state index contributed by atoms with van der Waals surface area (Å²) in [6.07, 6.45) is 3.12. The van der Waals surface area contributed by atoms with Crippen LogP contribution in [-0.4, -0.2) is 11.1 Å². The minimum atomic E-state index is 0. The maximum Gasteiger partial charge on any atom is 0.0480 e. The van der Waals surface area contributed by atoms with Gasteiger partial charge in [0.2, 0.25) is 0 Å². The molecule has 2 nitrogen and oxygen atoms in total. The van der Waals surface area contributed by atoms with Crippen molar-refractivity contribution in [2.45, 2.75) is 6.42 Å². The second kappa shape index (κ2) is 4.49. The Morgan fingerprint density at radius 1 is 1.29 bits per heavy atom. The van der Waals surface area contributed by atoms with Crippen LogP contribution < -0.4 is 5.73 Å². The number of halogens is 1. The molecule has 14 heavy (non-hydrogen) atoms. The van der Waals surface area contributed by atoms with Crippen LogP contribution in [0.25, 0.3) is 10.9 Å². The van der Waals surface area contributed by atoms with E-state index in [2.05, 4.69) is 42.1 Å². The number of para-hydroxylation sites is 1. The van der Waals surface area contributed by atoms with Crippen molar-refractivity contribution in [2.75, 3.05) is 6.54 Å². The summed E-state index contributed by atoms with van der Waals surface area (Å²) < 4.78 is 2.15. The Labute approximate surface area is 90.1 Å². The van der Waals surface area contributed by atoms with Crippen molar-refractivity contribution in [1.82, 2.24) is 4.57 Å². The van der Waals surface area contributed by atoms with Crippen LogP contribution in [0.1, 0.15) is 5.56 Å². The van der Waals surface area contributed by atoms with Gasteiger partial charge in [-0.1, -0.05) is 18.2 Å². The molecule has 0 aliphatic heterocycles. The Balaban J connectivity index is 0.000000980. The first-order valence-corrected chi connectivity index (χ1v) is 4.56. The van der Waals surface area contributed by atoms with Crippen LogP contribution in [0.3, 0.4) is 0 Å². The average molecular weight is 211 g/mol. The van der Waals surface area contributed by atoms with E-state index in [1.165, 1.54) is 16.5 Å². The average Bonchev–Trinajstić information content (AvgIpc) is 2.46. The Morgan fingerprint density at radius 3 is 2.71 bits per heavy atom. The van der Waals surface area contributed by atoms with Crippen molar-refractivity contribution in [2.24, 2.45) is 12.8 Å². The molecule has 1 aromatic carbocycles. The Hall–Kier alpha value is -0.990. The third-order valence-electron chi connectivity index (χ3n) is 2.39. The Morgan fingerprint density at radius 2 is 2.00 bits per heavy atom. The van der Waals surface area contributed by atoms with E-state index in [4.69, 9.17) is 5.73 Å². The number of aromatic nitrogens is 1. The van der Waals surface area contributed by atoms with Gasteiger partial charge in [0, 0.05) is 24.1 Å². The van der Waals surface area contributed by atoms with Crippen LogP contribution >= 0.6 is 12.4 Å². The molecule has 0 bridgehead atoms. The van der Waals surface area contributed by atoms with Gasteiger partial charge in [0.15, 0.2) is 0 Å². The van der Waals surface area contributed by atoms with Gasteiger partial charge < -0.3 is 10.3 Å². The lowest BCUT2D eigenvalue weighted by molar-refractivity contribution is 0.929. The molecule has 1 heterocycles. The fourth-order valence-corrected chi connectivity index (χ4v) is 1.78. The molecule has 2 N–H and O–H groups in total. The van der Waals surface area contributed by atoms with Gasteiger partial charge in [-0.2, -0.15) is 0 Å². The summed E-state index contributed by atoms with van der Waals surface area (Å²) in [5, 5.41) is 1.33. The number of hydrogen-bond donors (Lipinski definition) is 1. The third-order valence-corrected chi connectivity index (χ3v) is 2.39. The third kappa shape index (κ3) is 1.76. The van der Waals surface area contributed by atoms with Crippen LogP contribution in [0.15, 0.2) is 30.5 Å². The summed E-state index contributed by atoms with van der Waals surface area (Å²) in [6.45, 7) is 0.716. The highest BCUT2D eigenvalue weighted by atomic mass is 35.5. The molecule has 0 fully saturated rings. The van der Waals surface area contributed by atoms with Crippen LogP contribution in [-0.2, 0) is 13.5 Å². The normalized spacial score (nSPS) is 10.1. The lowest BCUT2D eigenvalue weighted by Gasteiger charge is -1.94. The second-order valence-electron chi connectivity index (χ2n) is 3.32. The van der Waals surface area contributed by atoms with E-state index in [9.17, 15) is 0 Å². The van der Waals surface area contributed by atoms with Gasteiger partial charge in [0.1, 0.15) is 0 Å². The van der Waals surface area contributed by atoms with E-state index in [1.54, 1.807) is 0 Å². The highest BCUT2D eigenvalue weighted by Crippen LogP contribution is 2.19. The van der Waals surface area contributed by atoms with Crippen molar-refractivity contribution in [3.8, 4) is 0 Å². The number of benzene rings is 1. The quantitative estimate of drug-likeness (QED) is 0.809. The monoisotopic (exact) mass is 210 g/mol. The molecule has 0 saturated carbocycles. The standard InChI is InChI=1S/C11H14N2.ClH/c1-13-8-9(6-7-12)10-4-2-3-5-11(10)13;/h2-5,8H,6-7,12H2,1H3;1H. The number of nitrogens with zero attached hydrogens (tertiary/aromatic N) is 1. The molecule has 2 aromatic rings. The number of nitrogens with two attached hydrogens (primary N) is 1. The molecule has 0 unspecified atom stereocenters. The number of rotatable bonds is 2. The van der Waals surface area contributed by atoms with Gasteiger partial charge in [0.25, 0.3) is 0 Å². The van der Waals surface area contributed by atoms with Crippen LogP contribution in [0.4, 0.5) is 0 Å². The Bertz CT molecular complexity index is 420. The predicted molar refractivity (Wildman–Crippen MR) is 62.9 cm³/mol. The number of hydrogen-bond acceptors (Lipinski definition) is 1. The minimum absolute atomic E-state index is 0. The van der Waals surface area contributed by atoms with E-state index < -0.39 is 0 Å². The van der Waals surface area contributed by atoms with E-state index in [0.717, 1.165) is 6.42 Å². The summed E-state index contributed by atoms with van der Waals surface area (Å²) >= 11 is 0. The zero-order valence-corrected chi connectivity index (χ0v) is 9.05. The SMILES string of the molecule is Cl.Cn1cc(CCN)c2ccccc21. The van der Waals surface area contributed by atoms with Crippen molar-refractivity contribution in [3.63, 3.8) is 0 Å². The van der Waals surface area contributed by atoms with E-state index in [1.807, 2.05) is 0 Å². The fourth-order valence-electron chi connectivity index (χ4n) is 1.78. The second-order valence-corrected chi connectivity index (χ2v) is 3.32. The van der Waals surface area contributed by atoms with Gasteiger partial charge >= 0.3 is 0 Å². The summed E-state index contributed by atoms with van der Waals surface area (Å²) in [6, 6.07) is 8.42. The molecule has 3 heteroatoms. The predicted octanol–water partition coefficient (Wildman–Crippen LogP) is 2.10. The smallest absolute Gasteiger partial charge is 0.0480 e. The molecule has 0 amide bonds. The molecule has 2 rings (SSSR count). The van der Waals surface area contributed by atoms with Crippen molar-refractivity contribution >= 4 is 23.3 Å². The van der Waals surface area contributed by atoms with Gasteiger partial charge in [-0.3, -0.25) is 0 Å². The van der Waals surface area contributed by atoms with Crippen molar-refractivity contribution in [1.29, 1.82) is 0 Å². The van der Waals surface area contributed by atoms with Crippen LogP contribution in [0, 0.1) is 0 Å². The number of aryl methyl sites for hydroxylation is 1. The Kier molecular flexibility index (Phi) is 3.55. The summed E-state index contributed by atoms with van der Waals surface area (Å²) in [7, 11) is 2.07.